The van der Waals surface area contributed by atoms with Crippen molar-refractivity contribution in [2.75, 3.05) is 26.3 Å². The molecule has 7 heteroatoms. The highest BCUT2D eigenvalue weighted by Crippen LogP contribution is 2.31. The normalized spacial score (nSPS) is 21.9. The SMILES string of the molecule is CC1=C(C(=O)N2CCOC(c3ccc(C(F)(F)F)cc3)C2)CCCO1. The summed E-state index contributed by atoms with van der Waals surface area (Å²) in [5, 5.41) is 0. The van der Waals surface area contributed by atoms with Crippen molar-refractivity contribution in [3.05, 3.63) is 46.7 Å². The lowest BCUT2D eigenvalue weighted by Crippen LogP contribution is -2.43. The molecule has 0 bridgehead atoms. The van der Waals surface area contributed by atoms with E-state index in [-0.39, 0.29) is 5.91 Å². The molecule has 0 aliphatic carbocycles. The summed E-state index contributed by atoms with van der Waals surface area (Å²) in [6.45, 7) is 3.55. The number of hydrogen-bond acceptors (Lipinski definition) is 3. The smallest absolute Gasteiger partial charge is 0.416 e. The fraction of sp³-hybridized carbons (Fsp3) is 0.500. The molecule has 136 valence electrons. The Morgan fingerprint density at radius 2 is 1.92 bits per heavy atom. The fourth-order valence-electron chi connectivity index (χ4n) is 3.11. The van der Waals surface area contributed by atoms with Crippen molar-refractivity contribution < 1.29 is 27.4 Å². The Morgan fingerprint density at radius 3 is 2.56 bits per heavy atom. The van der Waals surface area contributed by atoms with E-state index in [0.29, 0.717) is 49.6 Å². The van der Waals surface area contributed by atoms with Crippen molar-refractivity contribution in [3.8, 4) is 0 Å². The molecule has 1 atom stereocenters. The molecule has 1 aromatic rings. The Balaban J connectivity index is 1.72. The molecule has 0 radical (unpaired) electrons. The van der Waals surface area contributed by atoms with Crippen LogP contribution in [0, 0.1) is 0 Å². The van der Waals surface area contributed by atoms with Crippen LogP contribution in [0.3, 0.4) is 0 Å². The van der Waals surface area contributed by atoms with E-state index in [0.717, 1.165) is 18.6 Å². The molecule has 3 rings (SSSR count). The maximum atomic E-state index is 12.7. The van der Waals surface area contributed by atoms with Crippen LogP contribution in [-0.4, -0.2) is 37.1 Å². The van der Waals surface area contributed by atoms with Gasteiger partial charge in [-0.1, -0.05) is 12.1 Å². The number of carbonyl (C=O) groups excluding carboxylic acids is 1. The minimum absolute atomic E-state index is 0.0718. The van der Waals surface area contributed by atoms with Crippen molar-refractivity contribution in [1.29, 1.82) is 0 Å². The molecule has 2 aliphatic heterocycles. The number of hydrogen-bond donors (Lipinski definition) is 0. The predicted octanol–water partition coefficient (Wildman–Crippen LogP) is 3.69. The summed E-state index contributed by atoms with van der Waals surface area (Å²) in [5.41, 5.74) is 0.621. The molecule has 0 N–H and O–H groups in total. The Hall–Kier alpha value is -2.02. The van der Waals surface area contributed by atoms with Gasteiger partial charge in [0.15, 0.2) is 0 Å². The van der Waals surface area contributed by atoms with Crippen LogP contribution in [-0.2, 0) is 20.4 Å². The zero-order valence-electron chi connectivity index (χ0n) is 13.9. The largest absolute Gasteiger partial charge is 0.498 e. The van der Waals surface area contributed by atoms with Crippen LogP contribution in [0.4, 0.5) is 13.2 Å². The lowest BCUT2D eigenvalue weighted by molar-refractivity contribution is -0.137. The lowest BCUT2D eigenvalue weighted by atomic mass is 10.0. The summed E-state index contributed by atoms with van der Waals surface area (Å²) in [6, 6.07) is 4.91. The van der Waals surface area contributed by atoms with Gasteiger partial charge in [-0.05, 0) is 37.5 Å². The minimum atomic E-state index is -4.36. The first-order valence-corrected chi connectivity index (χ1v) is 8.27. The van der Waals surface area contributed by atoms with Crippen molar-refractivity contribution >= 4 is 5.91 Å². The standard InChI is InChI=1S/C18H20F3NO3/c1-12-15(3-2-9-24-12)17(23)22-8-10-25-16(11-22)13-4-6-14(7-5-13)18(19,20)21/h4-7,16H,2-3,8-11H2,1H3. The molecule has 0 saturated carbocycles. The number of amides is 1. The van der Waals surface area contributed by atoms with Crippen molar-refractivity contribution in [2.24, 2.45) is 0 Å². The topological polar surface area (TPSA) is 38.8 Å². The number of carbonyl (C=O) groups is 1. The summed E-state index contributed by atoms with van der Waals surface area (Å²) in [5.74, 6) is 0.589. The second kappa shape index (κ2) is 7.07. The fourth-order valence-corrected chi connectivity index (χ4v) is 3.11. The highest BCUT2D eigenvalue weighted by Gasteiger charge is 2.32. The van der Waals surface area contributed by atoms with Gasteiger partial charge in [-0.25, -0.2) is 0 Å². The van der Waals surface area contributed by atoms with E-state index in [1.165, 1.54) is 12.1 Å². The lowest BCUT2D eigenvalue weighted by Gasteiger charge is -2.34. The van der Waals surface area contributed by atoms with Gasteiger partial charge in [-0.3, -0.25) is 4.79 Å². The van der Waals surface area contributed by atoms with Crippen LogP contribution < -0.4 is 0 Å². The molecule has 2 heterocycles. The molecule has 0 aromatic heterocycles. The first kappa shape index (κ1) is 17.8. The van der Waals surface area contributed by atoms with Gasteiger partial charge in [0, 0.05) is 6.54 Å². The number of rotatable bonds is 2. The molecular weight excluding hydrogens is 335 g/mol. The van der Waals surface area contributed by atoms with Gasteiger partial charge in [-0.15, -0.1) is 0 Å². The summed E-state index contributed by atoms with van der Waals surface area (Å²) in [4.78, 5) is 14.4. The van der Waals surface area contributed by atoms with E-state index >= 15 is 0 Å². The van der Waals surface area contributed by atoms with Crippen LogP contribution in [0.25, 0.3) is 0 Å². The first-order valence-electron chi connectivity index (χ1n) is 8.27. The maximum Gasteiger partial charge on any atom is 0.416 e. The van der Waals surface area contributed by atoms with E-state index in [2.05, 4.69) is 0 Å². The Labute approximate surface area is 144 Å². The van der Waals surface area contributed by atoms with Gasteiger partial charge in [0.25, 0.3) is 5.91 Å². The molecule has 1 aromatic carbocycles. The monoisotopic (exact) mass is 355 g/mol. The number of alkyl halides is 3. The molecule has 1 amide bonds. The average Bonchev–Trinajstić information content (AvgIpc) is 2.61. The van der Waals surface area contributed by atoms with E-state index in [9.17, 15) is 18.0 Å². The molecule has 2 aliphatic rings. The molecule has 1 unspecified atom stereocenters. The van der Waals surface area contributed by atoms with Gasteiger partial charge in [0.05, 0.1) is 30.9 Å². The van der Waals surface area contributed by atoms with Crippen LogP contribution in [0.1, 0.15) is 37.0 Å². The Kier molecular flexibility index (Phi) is 5.03. The maximum absolute atomic E-state index is 12.7. The summed E-state index contributed by atoms with van der Waals surface area (Å²) < 4.78 is 49.1. The van der Waals surface area contributed by atoms with Crippen molar-refractivity contribution in [2.45, 2.75) is 32.0 Å². The van der Waals surface area contributed by atoms with E-state index in [4.69, 9.17) is 9.47 Å². The van der Waals surface area contributed by atoms with Crippen molar-refractivity contribution in [3.63, 3.8) is 0 Å². The molecule has 0 spiro atoms. The van der Waals surface area contributed by atoms with Gasteiger partial charge in [-0.2, -0.15) is 13.2 Å². The Morgan fingerprint density at radius 1 is 1.20 bits per heavy atom. The number of halogens is 3. The van der Waals surface area contributed by atoms with Crippen LogP contribution >= 0.6 is 0 Å². The third-order valence-corrected chi connectivity index (χ3v) is 4.54. The highest BCUT2D eigenvalue weighted by atomic mass is 19.4. The Bertz CT molecular complexity index is 667. The zero-order valence-corrected chi connectivity index (χ0v) is 13.9. The quantitative estimate of drug-likeness (QED) is 0.812. The number of ether oxygens (including phenoxy) is 2. The summed E-state index contributed by atoms with van der Waals surface area (Å²) >= 11 is 0. The van der Waals surface area contributed by atoms with E-state index in [1.807, 2.05) is 0 Å². The summed E-state index contributed by atoms with van der Waals surface area (Å²) in [6.07, 6.45) is -3.29. The van der Waals surface area contributed by atoms with Gasteiger partial charge in [0.1, 0.15) is 11.9 Å². The second-order valence-electron chi connectivity index (χ2n) is 6.22. The molecule has 25 heavy (non-hydrogen) atoms. The molecule has 1 saturated heterocycles. The number of nitrogens with zero attached hydrogens (tertiary/aromatic N) is 1. The molecule has 4 nitrogen and oxygen atoms in total. The van der Waals surface area contributed by atoms with Gasteiger partial charge in [0.2, 0.25) is 0 Å². The predicted molar refractivity (Wildman–Crippen MR) is 84.6 cm³/mol. The molecular formula is C18H20F3NO3. The van der Waals surface area contributed by atoms with E-state index < -0.39 is 17.8 Å². The average molecular weight is 355 g/mol. The van der Waals surface area contributed by atoms with E-state index in [1.54, 1.807) is 11.8 Å². The van der Waals surface area contributed by atoms with Crippen LogP contribution in [0.5, 0.6) is 0 Å². The third-order valence-electron chi connectivity index (χ3n) is 4.54. The molecule has 1 fully saturated rings. The number of morpholine rings is 1. The number of benzene rings is 1. The van der Waals surface area contributed by atoms with Gasteiger partial charge >= 0.3 is 6.18 Å². The van der Waals surface area contributed by atoms with Gasteiger partial charge < -0.3 is 14.4 Å². The van der Waals surface area contributed by atoms with Crippen molar-refractivity contribution in [1.82, 2.24) is 4.90 Å². The van der Waals surface area contributed by atoms with Crippen LogP contribution in [0.15, 0.2) is 35.6 Å². The summed E-state index contributed by atoms with van der Waals surface area (Å²) in [7, 11) is 0. The minimum Gasteiger partial charge on any atom is -0.498 e. The highest BCUT2D eigenvalue weighted by molar-refractivity contribution is 5.94. The number of allylic oxidation sites excluding steroid dienone is 1. The third kappa shape index (κ3) is 3.98. The zero-order chi connectivity index (χ0) is 18.0. The first-order chi connectivity index (χ1) is 11.9. The van der Waals surface area contributed by atoms with Crippen LogP contribution in [0.2, 0.25) is 0 Å². The second-order valence-corrected chi connectivity index (χ2v) is 6.22.